The summed E-state index contributed by atoms with van der Waals surface area (Å²) in [4.78, 5) is 7.09. The van der Waals surface area contributed by atoms with Gasteiger partial charge in [-0.15, -0.1) is 0 Å². The van der Waals surface area contributed by atoms with E-state index in [9.17, 15) is 22.7 Å². The molecule has 0 bridgehead atoms. The van der Waals surface area contributed by atoms with Crippen LogP contribution in [0.2, 0.25) is 0 Å². The largest absolute Gasteiger partial charge is 0.496 e. The van der Waals surface area contributed by atoms with Crippen LogP contribution in [0.3, 0.4) is 0 Å². The lowest BCUT2D eigenvalue weighted by atomic mass is 9.73. The van der Waals surface area contributed by atoms with Crippen molar-refractivity contribution in [1.82, 2.24) is 9.97 Å². The maximum Gasteiger partial charge on any atom is 0.417 e. The van der Waals surface area contributed by atoms with E-state index >= 15 is 0 Å². The number of ether oxygens (including phenoxy) is 1. The molecule has 3 rings (SSSR count). The van der Waals surface area contributed by atoms with Crippen LogP contribution in [0.25, 0.3) is 10.9 Å². The fourth-order valence-electron chi connectivity index (χ4n) is 3.98. The molecule has 1 atom stereocenters. The molecule has 3 aromatic rings. The Morgan fingerprint density at radius 2 is 1.83 bits per heavy atom. The zero-order valence-electron chi connectivity index (χ0n) is 17.2. The van der Waals surface area contributed by atoms with Gasteiger partial charge in [0.2, 0.25) is 0 Å². The van der Waals surface area contributed by atoms with Crippen molar-refractivity contribution in [3.8, 4) is 5.75 Å². The van der Waals surface area contributed by atoms with Gasteiger partial charge in [0.25, 0.3) is 0 Å². The molecular weight excluding hydrogens is 400 g/mol. The molecule has 8 heteroatoms. The van der Waals surface area contributed by atoms with Crippen LogP contribution >= 0.6 is 0 Å². The van der Waals surface area contributed by atoms with Crippen molar-refractivity contribution in [2.24, 2.45) is 0 Å². The number of aromatic nitrogens is 2. The molecule has 0 aliphatic carbocycles. The molecule has 0 spiro atoms. The number of pyridine rings is 1. The topological polar surface area (TPSA) is 58.1 Å². The van der Waals surface area contributed by atoms with Crippen LogP contribution in [0.15, 0.2) is 36.5 Å². The van der Waals surface area contributed by atoms with Gasteiger partial charge in [0.1, 0.15) is 11.6 Å². The maximum absolute atomic E-state index is 14.0. The Bertz CT molecular complexity index is 1060. The van der Waals surface area contributed by atoms with Gasteiger partial charge in [-0.2, -0.15) is 13.2 Å². The number of hydrogen-bond donors (Lipinski definition) is 2. The van der Waals surface area contributed by atoms with Crippen LogP contribution < -0.4 is 4.74 Å². The summed E-state index contributed by atoms with van der Waals surface area (Å²) in [6, 6.07) is 6.94. The summed E-state index contributed by atoms with van der Waals surface area (Å²) in [5.74, 6) is -0.420. The van der Waals surface area contributed by atoms with Crippen LogP contribution in [0.1, 0.15) is 37.2 Å². The van der Waals surface area contributed by atoms with E-state index < -0.39 is 35.9 Å². The molecule has 2 aromatic heterocycles. The second kappa shape index (κ2) is 7.58. The zero-order chi connectivity index (χ0) is 22.3. The van der Waals surface area contributed by atoms with Crippen molar-refractivity contribution in [2.45, 2.75) is 50.8 Å². The molecule has 162 valence electrons. The minimum absolute atomic E-state index is 0.136. The number of halogens is 4. The van der Waals surface area contributed by atoms with Crippen molar-refractivity contribution in [2.75, 3.05) is 7.11 Å². The number of fused-ring (bicyclic) bond motifs is 1. The lowest BCUT2D eigenvalue weighted by Gasteiger charge is -2.38. The number of alkyl halides is 3. The fourth-order valence-corrected chi connectivity index (χ4v) is 3.98. The van der Waals surface area contributed by atoms with Crippen LogP contribution in [-0.4, -0.2) is 34.0 Å². The van der Waals surface area contributed by atoms with Crippen LogP contribution in [0.4, 0.5) is 17.6 Å². The average molecular weight is 424 g/mol. The third-order valence-electron chi connectivity index (χ3n) is 5.44. The molecule has 1 unspecified atom stereocenters. The number of methoxy groups -OCH3 is 1. The maximum atomic E-state index is 14.0. The normalized spacial score (nSPS) is 14.7. The molecule has 0 aliphatic rings. The van der Waals surface area contributed by atoms with Gasteiger partial charge in [0.05, 0.1) is 7.11 Å². The van der Waals surface area contributed by atoms with Gasteiger partial charge in [0, 0.05) is 46.5 Å². The molecule has 0 saturated heterocycles. The molecular formula is C22H24F4N2O2. The minimum atomic E-state index is -4.89. The van der Waals surface area contributed by atoms with Crippen molar-refractivity contribution in [3.05, 3.63) is 59.3 Å². The van der Waals surface area contributed by atoms with Gasteiger partial charge in [-0.3, -0.25) is 4.98 Å². The Kier molecular flexibility index (Phi) is 5.58. The number of H-pyrrole nitrogens is 1. The molecule has 4 nitrogen and oxygen atoms in total. The van der Waals surface area contributed by atoms with Gasteiger partial charge in [0.15, 0.2) is 5.60 Å². The molecule has 0 amide bonds. The van der Waals surface area contributed by atoms with Crippen LogP contribution in [0, 0.1) is 12.7 Å². The van der Waals surface area contributed by atoms with E-state index in [4.69, 9.17) is 4.74 Å². The number of aromatic amines is 1. The van der Waals surface area contributed by atoms with E-state index in [1.54, 1.807) is 39.1 Å². The van der Waals surface area contributed by atoms with Crippen molar-refractivity contribution >= 4 is 10.9 Å². The SMILES string of the molecule is COc1cc(F)ccc1C(C)(C)CC(O)(Cc1cc2c(C)nccc2[nH]1)C(F)(F)F. The third-order valence-corrected chi connectivity index (χ3v) is 5.44. The smallest absolute Gasteiger partial charge is 0.417 e. The quantitative estimate of drug-likeness (QED) is 0.533. The molecule has 0 saturated carbocycles. The van der Waals surface area contributed by atoms with E-state index in [1.165, 1.54) is 19.2 Å². The van der Waals surface area contributed by atoms with E-state index in [0.29, 0.717) is 22.2 Å². The Morgan fingerprint density at radius 1 is 1.13 bits per heavy atom. The molecule has 2 heterocycles. The minimum Gasteiger partial charge on any atom is -0.496 e. The fraction of sp³-hybridized carbons (Fsp3) is 0.409. The molecule has 0 fully saturated rings. The zero-order valence-corrected chi connectivity index (χ0v) is 17.2. The van der Waals surface area contributed by atoms with Crippen LogP contribution in [-0.2, 0) is 11.8 Å². The summed E-state index contributed by atoms with van der Waals surface area (Å²) in [7, 11) is 1.32. The lowest BCUT2D eigenvalue weighted by Crippen LogP contribution is -2.51. The van der Waals surface area contributed by atoms with E-state index in [0.717, 1.165) is 6.07 Å². The molecule has 30 heavy (non-hydrogen) atoms. The lowest BCUT2D eigenvalue weighted by molar-refractivity contribution is -0.266. The Labute approximate surface area is 171 Å². The molecule has 0 radical (unpaired) electrons. The number of hydrogen-bond acceptors (Lipinski definition) is 3. The molecule has 0 aliphatic heterocycles. The third kappa shape index (κ3) is 4.14. The predicted octanol–water partition coefficient (Wildman–Crippen LogP) is 5.22. The van der Waals surface area contributed by atoms with Crippen LogP contribution in [0.5, 0.6) is 5.75 Å². The van der Waals surface area contributed by atoms with E-state index in [1.807, 2.05) is 0 Å². The van der Waals surface area contributed by atoms with Crippen molar-refractivity contribution in [1.29, 1.82) is 0 Å². The summed E-state index contributed by atoms with van der Waals surface area (Å²) >= 11 is 0. The summed E-state index contributed by atoms with van der Waals surface area (Å²) in [6.45, 7) is 4.90. The van der Waals surface area contributed by atoms with Gasteiger partial charge in [-0.25, -0.2) is 4.39 Å². The number of benzene rings is 1. The van der Waals surface area contributed by atoms with Gasteiger partial charge in [-0.05, 0) is 37.0 Å². The average Bonchev–Trinajstić information content (AvgIpc) is 3.03. The summed E-state index contributed by atoms with van der Waals surface area (Å²) in [5, 5.41) is 11.5. The number of aliphatic hydroxyl groups is 1. The number of rotatable bonds is 6. The highest BCUT2D eigenvalue weighted by Gasteiger charge is 2.56. The van der Waals surface area contributed by atoms with Gasteiger partial charge >= 0.3 is 6.18 Å². The first-order valence-electron chi connectivity index (χ1n) is 9.43. The Hall–Kier alpha value is -2.61. The number of nitrogens with one attached hydrogen (secondary N) is 1. The first kappa shape index (κ1) is 22.1. The second-order valence-corrected chi connectivity index (χ2v) is 8.26. The monoisotopic (exact) mass is 424 g/mol. The summed E-state index contributed by atoms with van der Waals surface area (Å²) in [5.41, 5.74) is -2.21. The second-order valence-electron chi connectivity index (χ2n) is 8.26. The molecule has 2 N–H and O–H groups in total. The number of aryl methyl sites for hydroxylation is 1. The summed E-state index contributed by atoms with van der Waals surface area (Å²) < 4.78 is 60.9. The van der Waals surface area contributed by atoms with Crippen molar-refractivity contribution in [3.63, 3.8) is 0 Å². The van der Waals surface area contributed by atoms with Gasteiger partial charge in [-0.1, -0.05) is 19.9 Å². The first-order valence-corrected chi connectivity index (χ1v) is 9.43. The van der Waals surface area contributed by atoms with Gasteiger partial charge < -0.3 is 14.8 Å². The molecule has 1 aromatic carbocycles. The van der Waals surface area contributed by atoms with E-state index in [2.05, 4.69) is 9.97 Å². The highest BCUT2D eigenvalue weighted by molar-refractivity contribution is 5.82. The summed E-state index contributed by atoms with van der Waals surface area (Å²) in [6.07, 6.45) is -4.62. The highest BCUT2D eigenvalue weighted by atomic mass is 19.4. The number of nitrogens with zero attached hydrogens (tertiary/aromatic N) is 1. The highest BCUT2D eigenvalue weighted by Crippen LogP contribution is 2.45. The van der Waals surface area contributed by atoms with E-state index in [-0.39, 0.29) is 11.4 Å². The Balaban J connectivity index is 1.99. The standard InChI is InChI=1S/C22H24F4N2O2/c1-13-16-10-15(28-18(16)7-8-27-13)11-21(29,22(24,25)26)12-20(2,3)17-6-5-14(23)9-19(17)30-4/h5-10,28-29H,11-12H2,1-4H3. The predicted molar refractivity (Wildman–Crippen MR) is 106 cm³/mol. The Morgan fingerprint density at radius 3 is 2.43 bits per heavy atom. The first-order chi connectivity index (χ1) is 13.9. The van der Waals surface area contributed by atoms with Crippen molar-refractivity contribution < 1.29 is 27.4 Å².